The third-order valence-corrected chi connectivity index (χ3v) is 6.98. The molecule has 0 bridgehead atoms. The molecule has 1 aromatic carbocycles. The number of aromatic nitrogens is 3. The lowest BCUT2D eigenvalue weighted by Crippen LogP contribution is -2.43. The van der Waals surface area contributed by atoms with Crippen LogP contribution in [0.2, 0.25) is 0 Å². The number of nitrogens with one attached hydrogen (secondary N) is 1. The zero-order valence-electron chi connectivity index (χ0n) is 18.1. The van der Waals surface area contributed by atoms with Gasteiger partial charge in [-0.25, -0.2) is 18.4 Å². The van der Waals surface area contributed by atoms with E-state index in [1.54, 1.807) is 4.57 Å². The molecule has 1 N–H and O–H groups in total. The van der Waals surface area contributed by atoms with Crippen LogP contribution in [0.25, 0.3) is 22.4 Å². The maximum Gasteiger partial charge on any atom is 0.404 e. The molecule has 14 heteroatoms. The van der Waals surface area contributed by atoms with Crippen LogP contribution >= 0.6 is 0 Å². The van der Waals surface area contributed by atoms with Gasteiger partial charge in [0, 0.05) is 18.0 Å². The van der Waals surface area contributed by atoms with Crippen molar-refractivity contribution in [3.8, 4) is 23.3 Å². The Kier molecular flexibility index (Phi) is 6.41. The predicted octanol–water partition coefficient (Wildman–Crippen LogP) is 4.21. The number of hydrogen-bond donors (Lipinski definition) is 1. The van der Waals surface area contributed by atoms with Crippen molar-refractivity contribution in [2.24, 2.45) is 5.92 Å². The molecule has 0 radical (unpaired) electrons. The Labute approximate surface area is 196 Å². The third kappa shape index (κ3) is 5.20. The van der Waals surface area contributed by atoms with Crippen LogP contribution in [0, 0.1) is 17.2 Å². The summed E-state index contributed by atoms with van der Waals surface area (Å²) in [6, 6.07) is 3.85. The lowest BCUT2D eigenvalue weighted by molar-refractivity contribution is -0.147. The highest BCUT2D eigenvalue weighted by Crippen LogP contribution is 2.39. The van der Waals surface area contributed by atoms with E-state index in [9.17, 15) is 35.6 Å². The fourth-order valence-electron chi connectivity index (χ4n) is 3.54. The van der Waals surface area contributed by atoms with E-state index in [4.69, 9.17) is 0 Å². The van der Waals surface area contributed by atoms with Gasteiger partial charge in [-0.1, -0.05) is 0 Å². The van der Waals surface area contributed by atoms with E-state index in [-0.39, 0.29) is 28.7 Å². The second-order valence-electron chi connectivity index (χ2n) is 8.07. The SMILES string of the molecule is C[C@H](NS(=O)(=O)c1cnc(-c2c(C#N)c3ccc(OC(F)F)cc3n2CC2CC2)nc1)C(F)(F)F. The van der Waals surface area contributed by atoms with Crippen molar-refractivity contribution in [1.29, 1.82) is 5.26 Å². The number of rotatable bonds is 8. The van der Waals surface area contributed by atoms with E-state index < -0.39 is 33.7 Å². The minimum atomic E-state index is -4.79. The Bertz CT molecular complexity index is 1390. The molecule has 4 rings (SSSR count). The van der Waals surface area contributed by atoms with Gasteiger partial charge in [0.25, 0.3) is 0 Å². The smallest absolute Gasteiger partial charge is 0.404 e. The van der Waals surface area contributed by atoms with Crippen LogP contribution < -0.4 is 9.46 Å². The standard InChI is InChI=1S/C21H18F5N5O3S/c1-11(21(24,25)26)30-35(32,33)14-8-28-19(29-9-14)18-16(7-27)15-5-4-13(34-20(22)23)6-17(15)31(18)10-12-2-3-12/h4-6,8-9,11-12,20,30H,2-3,10H2,1H3/t11-/m0/s1. The summed E-state index contributed by atoms with van der Waals surface area (Å²) in [5.74, 6) is 0.131. The van der Waals surface area contributed by atoms with Gasteiger partial charge in [0.15, 0.2) is 5.82 Å². The molecular weight excluding hydrogens is 497 g/mol. The summed E-state index contributed by atoms with van der Waals surface area (Å²) in [5, 5.41) is 10.3. The molecule has 186 valence electrons. The molecule has 0 spiro atoms. The van der Waals surface area contributed by atoms with Gasteiger partial charge in [0.2, 0.25) is 10.0 Å². The monoisotopic (exact) mass is 515 g/mol. The molecule has 2 heterocycles. The Morgan fingerprint density at radius 3 is 2.46 bits per heavy atom. The maximum absolute atomic E-state index is 12.8. The van der Waals surface area contributed by atoms with Gasteiger partial charge in [-0.15, -0.1) is 0 Å². The first-order valence-electron chi connectivity index (χ1n) is 10.3. The molecule has 0 unspecified atom stereocenters. The van der Waals surface area contributed by atoms with Crippen molar-refractivity contribution in [3.63, 3.8) is 0 Å². The number of sulfonamides is 1. The molecule has 1 fully saturated rings. The van der Waals surface area contributed by atoms with Gasteiger partial charge in [-0.3, -0.25) is 0 Å². The zero-order chi connectivity index (χ0) is 25.5. The number of halogens is 5. The van der Waals surface area contributed by atoms with E-state index in [2.05, 4.69) is 20.8 Å². The first-order valence-corrected chi connectivity index (χ1v) is 11.8. The number of fused-ring (bicyclic) bond motifs is 1. The van der Waals surface area contributed by atoms with Crippen LogP contribution in [0.5, 0.6) is 5.75 Å². The molecule has 1 atom stereocenters. The summed E-state index contributed by atoms with van der Waals surface area (Å²) in [5.41, 5.74) is 0.815. The number of nitrogens with zero attached hydrogens (tertiary/aromatic N) is 4. The second-order valence-corrected chi connectivity index (χ2v) is 9.79. The average Bonchev–Trinajstić information content (AvgIpc) is 3.54. The van der Waals surface area contributed by atoms with Crippen LogP contribution in [0.4, 0.5) is 22.0 Å². The summed E-state index contributed by atoms with van der Waals surface area (Å²) in [6.07, 6.45) is -1.24. The molecule has 1 saturated carbocycles. The second kappa shape index (κ2) is 9.04. The lowest BCUT2D eigenvalue weighted by Gasteiger charge is -2.17. The van der Waals surface area contributed by atoms with E-state index >= 15 is 0 Å². The van der Waals surface area contributed by atoms with Crippen molar-refractivity contribution in [2.45, 2.75) is 50.0 Å². The minimum absolute atomic E-state index is 0.0439. The molecule has 0 amide bonds. The fraction of sp³-hybridized carbons (Fsp3) is 0.381. The van der Waals surface area contributed by atoms with Gasteiger partial charge in [0.1, 0.15) is 28.4 Å². The van der Waals surface area contributed by atoms with Gasteiger partial charge < -0.3 is 9.30 Å². The van der Waals surface area contributed by atoms with Gasteiger partial charge in [0.05, 0.1) is 23.5 Å². The van der Waals surface area contributed by atoms with Crippen molar-refractivity contribution < 1.29 is 35.1 Å². The number of hydrogen-bond acceptors (Lipinski definition) is 6. The van der Waals surface area contributed by atoms with Crippen molar-refractivity contribution in [3.05, 3.63) is 36.2 Å². The van der Waals surface area contributed by atoms with E-state index in [0.29, 0.717) is 24.4 Å². The molecule has 1 aliphatic carbocycles. The molecule has 1 aliphatic rings. The molecule has 2 aromatic heterocycles. The van der Waals surface area contributed by atoms with Crippen molar-refractivity contribution in [2.75, 3.05) is 0 Å². The highest BCUT2D eigenvalue weighted by atomic mass is 32.2. The highest BCUT2D eigenvalue weighted by Gasteiger charge is 2.39. The van der Waals surface area contributed by atoms with Crippen molar-refractivity contribution >= 4 is 20.9 Å². The van der Waals surface area contributed by atoms with Gasteiger partial charge in [-0.05, 0) is 37.8 Å². The highest BCUT2D eigenvalue weighted by molar-refractivity contribution is 7.89. The Balaban J connectivity index is 1.78. The predicted molar refractivity (Wildman–Crippen MR) is 113 cm³/mol. The van der Waals surface area contributed by atoms with Gasteiger partial charge >= 0.3 is 12.8 Å². The first-order chi connectivity index (χ1) is 16.4. The normalized spacial score (nSPS) is 15.4. The minimum Gasteiger partial charge on any atom is -0.435 e. The molecule has 0 aliphatic heterocycles. The summed E-state index contributed by atoms with van der Waals surface area (Å²) in [6.45, 7) is -1.95. The van der Waals surface area contributed by atoms with Crippen LogP contribution in [0.1, 0.15) is 25.3 Å². The summed E-state index contributed by atoms with van der Waals surface area (Å²) < 4.78 is 96.1. The Morgan fingerprint density at radius 1 is 1.26 bits per heavy atom. The Morgan fingerprint density at radius 2 is 1.91 bits per heavy atom. The molecular formula is C21H18F5N5O3S. The maximum atomic E-state index is 12.8. The van der Waals surface area contributed by atoms with Crippen LogP contribution in [-0.2, 0) is 16.6 Å². The van der Waals surface area contributed by atoms with E-state index in [1.165, 1.54) is 22.9 Å². The molecule has 35 heavy (non-hydrogen) atoms. The summed E-state index contributed by atoms with van der Waals surface area (Å²) >= 11 is 0. The van der Waals surface area contributed by atoms with E-state index in [0.717, 1.165) is 25.2 Å². The Hall–Kier alpha value is -3.31. The summed E-state index contributed by atoms with van der Waals surface area (Å²) in [7, 11) is -4.57. The topological polar surface area (TPSA) is 110 Å². The number of alkyl halides is 5. The average molecular weight is 515 g/mol. The van der Waals surface area contributed by atoms with Gasteiger partial charge in [-0.2, -0.15) is 31.9 Å². The molecule has 0 saturated heterocycles. The first kappa shape index (κ1) is 24.8. The number of benzene rings is 1. The van der Waals surface area contributed by atoms with E-state index in [1.807, 2.05) is 0 Å². The molecule has 3 aromatic rings. The van der Waals surface area contributed by atoms with Crippen molar-refractivity contribution in [1.82, 2.24) is 19.3 Å². The lowest BCUT2D eigenvalue weighted by atomic mass is 10.1. The third-order valence-electron chi connectivity index (χ3n) is 5.48. The van der Waals surface area contributed by atoms with Crippen LogP contribution in [0.3, 0.4) is 0 Å². The van der Waals surface area contributed by atoms with Crippen LogP contribution in [0.15, 0.2) is 35.5 Å². The largest absolute Gasteiger partial charge is 0.435 e. The van der Waals surface area contributed by atoms with Crippen LogP contribution in [-0.4, -0.2) is 41.8 Å². The zero-order valence-corrected chi connectivity index (χ0v) is 18.9. The number of nitriles is 1. The molecule has 8 nitrogen and oxygen atoms in total. The number of ether oxygens (including phenoxy) is 1. The quantitative estimate of drug-likeness (QED) is 0.450. The summed E-state index contributed by atoms with van der Waals surface area (Å²) in [4.78, 5) is 7.44. The fourth-order valence-corrected chi connectivity index (χ4v) is 4.66.